The highest BCUT2D eigenvalue weighted by Gasteiger charge is 2.38. The molecule has 7 heteroatoms. The summed E-state index contributed by atoms with van der Waals surface area (Å²) in [5.74, 6) is 1.38. The number of aromatic hydroxyl groups is 1. The van der Waals surface area contributed by atoms with E-state index in [1.54, 1.807) is 18.2 Å². The van der Waals surface area contributed by atoms with E-state index in [4.69, 9.17) is 4.74 Å². The van der Waals surface area contributed by atoms with Crippen molar-refractivity contribution in [2.45, 2.75) is 25.4 Å². The summed E-state index contributed by atoms with van der Waals surface area (Å²) < 4.78 is 5.12. The van der Waals surface area contributed by atoms with Crippen LogP contribution in [0, 0.1) is 5.92 Å². The van der Waals surface area contributed by atoms with Gasteiger partial charge in [-0.15, -0.1) is 0 Å². The van der Waals surface area contributed by atoms with Crippen LogP contribution in [0.5, 0.6) is 11.5 Å². The molecule has 0 aliphatic carbocycles. The first kappa shape index (κ1) is 18.4. The van der Waals surface area contributed by atoms with Gasteiger partial charge in [-0.3, -0.25) is 4.90 Å². The third-order valence-electron chi connectivity index (χ3n) is 6.38. The van der Waals surface area contributed by atoms with Gasteiger partial charge in [0.25, 0.3) is 0 Å². The van der Waals surface area contributed by atoms with Gasteiger partial charge in [-0.1, -0.05) is 6.07 Å². The van der Waals surface area contributed by atoms with E-state index in [2.05, 4.69) is 15.1 Å². The molecule has 4 fully saturated rings. The van der Waals surface area contributed by atoms with Crippen LogP contribution < -0.4 is 10.1 Å². The molecular weight excluding hydrogens is 344 g/mol. The number of nitrogens with one attached hydrogen (secondary N) is 1. The van der Waals surface area contributed by atoms with Crippen molar-refractivity contribution in [1.29, 1.82) is 0 Å². The zero-order chi connectivity index (χ0) is 18.8. The summed E-state index contributed by atoms with van der Waals surface area (Å²) >= 11 is 0. The lowest BCUT2D eigenvalue weighted by atomic mass is 9.83. The molecule has 2 bridgehead atoms. The molecule has 2 N–H and O–H groups in total. The van der Waals surface area contributed by atoms with E-state index in [-0.39, 0.29) is 11.8 Å². The molecule has 1 atom stereocenters. The Hall–Kier alpha value is -1.99. The average molecular weight is 374 g/mol. The number of amides is 2. The molecule has 5 rings (SSSR count). The van der Waals surface area contributed by atoms with Crippen LogP contribution in [0.1, 0.15) is 18.4 Å². The Morgan fingerprint density at radius 1 is 1.19 bits per heavy atom. The van der Waals surface area contributed by atoms with Crippen molar-refractivity contribution in [2.24, 2.45) is 5.92 Å². The third-order valence-corrected chi connectivity index (χ3v) is 6.38. The SMILES string of the molecule is COc1cc(CNC(=O)N2CCN([C@H]3CN4CCC3CC4)CC2)ccc1O. The second-order valence-corrected chi connectivity index (χ2v) is 7.89. The predicted molar refractivity (Wildman–Crippen MR) is 103 cm³/mol. The second-order valence-electron chi connectivity index (χ2n) is 7.89. The maximum atomic E-state index is 12.5. The zero-order valence-electron chi connectivity index (χ0n) is 16.1. The highest BCUT2D eigenvalue weighted by molar-refractivity contribution is 5.74. The normalized spacial score (nSPS) is 28.2. The number of carbonyl (C=O) groups is 1. The number of piperazine rings is 1. The van der Waals surface area contributed by atoms with Gasteiger partial charge in [0.1, 0.15) is 0 Å². The molecular formula is C20H30N4O3. The van der Waals surface area contributed by atoms with Gasteiger partial charge in [-0.2, -0.15) is 0 Å². The van der Waals surface area contributed by atoms with Crippen LogP contribution >= 0.6 is 0 Å². The molecule has 0 spiro atoms. The van der Waals surface area contributed by atoms with Gasteiger partial charge >= 0.3 is 6.03 Å². The first-order chi connectivity index (χ1) is 13.1. The smallest absolute Gasteiger partial charge is 0.317 e. The number of hydrogen-bond donors (Lipinski definition) is 2. The number of ether oxygens (including phenoxy) is 1. The van der Waals surface area contributed by atoms with Crippen LogP contribution in [0.2, 0.25) is 0 Å². The first-order valence-corrected chi connectivity index (χ1v) is 9.99. The Kier molecular flexibility index (Phi) is 5.41. The van der Waals surface area contributed by atoms with Crippen molar-refractivity contribution in [3.8, 4) is 11.5 Å². The number of carbonyl (C=O) groups excluding carboxylic acids is 1. The summed E-state index contributed by atoms with van der Waals surface area (Å²) in [6.45, 7) is 7.68. The highest BCUT2D eigenvalue weighted by atomic mass is 16.5. The molecule has 0 saturated carbocycles. The highest BCUT2D eigenvalue weighted by Crippen LogP contribution is 2.31. The number of nitrogens with zero attached hydrogens (tertiary/aromatic N) is 3. The van der Waals surface area contributed by atoms with E-state index in [1.165, 1.54) is 39.6 Å². The van der Waals surface area contributed by atoms with Crippen molar-refractivity contribution in [2.75, 3.05) is 52.9 Å². The number of phenols is 1. The van der Waals surface area contributed by atoms with E-state index in [0.29, 0.717) is 18.3 Å². The van der Waals surface area contributed by atoms with Crippen LogP contribution in [0.25, 0.3) is 0 Å². The van der Waals surface area contributed by atoms with Gasteiger partial charge in [-0.25, -0.2) is 4.79 Å². The fourth-order valence-corrected chi connectivity index (χ4v) is 4.73. The molecule has 4 heterocycles. The van der Waals surface area contributed by atoms with Crippen LogP contribution in [0.4, 0.5) is 4.79 Å². The lowest BCUT2D eigenvalue weighted by Crippen LogP contribution is -2.62. The average Bonchev–Trinajstić information content (AvgIpc) is 2.74. The minimum absolute atomic E-state index is 0.0180. The largest absolute Gasteiger partial charge is 0.504 e. The summed E-state index contributed by atoms with van der Waals surface area (Å²) in [6.07, 6.45) is 2.67. The molecule has 148 valence electrons. The van der Waals surface area contributed by atoms with Gasteiger partial charge in [0.15, 0.2) is 11.5 Å². The third kappa shape index (κ3) is 3.99. The van der Waals surface area contributed by atoms with E-state index in [0.717, 1.165) is 37.7 Å². The van der Waals surface area contributed by atoms with Crippen molar-refractivity contribution in [1.82, 2.24) is 20.0 Å². The molecule has 4 aliphatic rings. The summed E-state index contributed by atoms with van der Waals surface area (Å²) in [5, 5.41) is 12.6. The quantitative estimate of drug-likeness (QED) is 0.832. The van der Waals surface area contributed by atoms with Crippen LogP contribution in [0.3, 0.4) is 0 Å². The van der Waals surface area contributed by atoms with Crippen molar-refractivity contribution in [3.63, 3.8) is 0 Å². The molecule has 4 saturated heterocycles. The van der Waals surface area contributed by atoms with E-state index in [9.17, 15) is 9.90 Å². The number of rotatable bonds is 4. The molecule has 4 aliphatic heterocycles. The Morgan fingerprint density at radius 2 is 1.93 bits per heavy atom. The number of phenolic OH excluding ortho intramolecular Hbond substituents is 1. The van der Waals surface area contributed by atoms with Crippen LogP contribution in [-0.2, 0) is 6.54 Å². The molecule has 27 heavy (non-hydrogen) atoms. The van der Waals surface area contributed by atoms with E-state index < -0.39 is 0 Å². The van der Waals surface area contributed by atoms with Gasteiger partial charge in [0.05, 0.1) is 7.11 Å². The topological polar surface area (TPSA) is 68.3 Å². The Bertz CT molecular complexity index is 667. The fourth-order valence-electron chi connectivity index (χ4n) is 4.73. The maximum absolute atomic E-state index is 12.5. The summed E-state index contributed by atoms with van der Waals surface area (Å²) in [7, 11) is 1.52. The molecule has 2 amide bonds. The van der Waals surface area contributed by atoms with Gasteiger partial charge in [-0.05, 0) is 49.5 Å². The molecule has 1 aromatic rings. The maximum Gasteiger partial charge on any atom is 0.317 e. The molecule has 0 unspecified atom stereocenters. The summed E-state index contributed by atoms with van der Waals surface area (Å²) in [5.41, 5.74) is 0.906. The predicted octanol–water partition coefficient (Wildman–Crippen LogP) is 1.32. The molecule has 7 nitrogen and oxygen atoms in total. The lowest BCUT2D eigenvalue weighted by Gasteiger charge is -2.50. The zero-order valence-corrected chi connectivity index (χ0v) is 16.1. The molecule has 0 radical (unpaired) electrons. The lowest BCUT2D eigenvalue weighted by molar-refractivity contribution is -0.0103. The van der Waals surface area contributed by atoms with Crippen LogP contribution in [0.15, 0.2) is 18.2 Å². The number of urea groups is 1. The number of fused-ring (bicyclic) bond motifs is 3. The number of benzene rings is 1. The van der Waals surface area contributed by atoms with E-state index >= 15 is 0 Å². The summed E-state index contributed by atoms with van der Waals surface area (Å²) in [4.78, 5) is 19.6. The van der Waals surface area contributed by atoms with Crippen molar-refractivity contribution >= 4 is 6.03 Å². The van der Waals surface area contributed by atoms with Gasteiger partial charge in [0, 0.05) is 45.3 Å². The Balaban J connectivity index is 1.25. The number of hydrogen-bond acceptors (Lipinski definition) is 5. The minimum Gasteiger partial charge on any atom is -0.504 e. The molecule has 1 aromatic carbocycles. The number of piperidine rings is 3. The van der Waals surface area contributed by atoms with E-state index in [1.807, 2.05) is 4.90 Å². The fraction of sp³-hybridized carbons (Fsp3) is 0.650. The summed E-state index contributed by atoms with van der Waals surface area (Å²) in [6, 6.07) is 5.80. The van der Waals surface area contributed by atoms with Crippen LogP contribution in [-0.4, -0.2) is 84.8 Å². The first-order valence-electron chi connectivity index (χ1n) is 9.99. The minimum atomic E-state index is -0.0180. The Labute approximate surface area is 160 Å². The number of methoxy groups -OCH3 is 1. The monoisotopic (exact) mass is 374 g/mol. The second kappa shape index (κ2) is 7.94. The molecule has 0 aromatic heterocycles. The van der Waals surface area contributed by atoms with Crippen molar-refractivity contribution < 1.29 is 14.6 Å². The van der Waals surface area contributed by atoms with Gasteiger partial charge in [0.2, 0.25) is 0 Å². The Morgan fingerprint density at radius 3 is 2.56 bits per heavy atom. The van der Waals surface area contributed by atoms with Crippen molar-refractivity contribution in [3.05, 3.63) is 23.8 Å². The van der Waals surface area contributed by atoms with Gasteiger partial charge < -0.3 is 25.0 Å². The standard InChI is InChI=1S/C20H30N4O3/c1-27-19-12-15(2-3-18(19)25)13-21-20(26)24-10-8-23(9-11-24)17-14-22-6-4-16(17)5-7-22/h2-3,12,16-17,25H,4-11,13-14H2,1H3,(H,21,26)/t17-/m0/s1.